The Hall–Kier alpha value is -4.28. The second kappa shape index (κ2) is 11.3. The summed E-state index contributed by atoms with van der Waals surface area (Å²) < 4.78 is 34.1. The van der Waals surface area contributed by atoms with Gasteiger partial charge in [0, 0.05) is 36.9 Å². The minimum absolute atomic E-state index is 0.0633. The van der Waals surface area contributed by atoms with Crippen LogP contribution in [-0.2, 0) is 24.3 Å². The number of rotatable bonds is 8. The van der Waals surface area contributed by atoms with Crippen molar-refractivity contribution in [1.29, 1.82) is 0 Å². The maximum absolute atomic E-state index is 15.7. The average molecular weight is 559 g/mol. The molecular formula is C31H31FN4O5. The van der Waals surface area contributed by atoms with E-state index >= 15 is 4.39 Å². The van der Waals surface area contributed by atoms with E-state index < -0.39 is 5.97 Å². The van der Waals surface area contributed by atoms with Gasteiger partial charge in [-0.1, -0.05) is 30.3 Å². The number of carboxylic acid groups (broad SMARTS) is 1. The zero-order valence-corrected chi connectivity index (χ0v) is 23.0. The molecule has 1 N–H and O–H groups in total. The van der Waals surface area contributed by atoms with Crippen LogP contribution in [-0.4, -0.2) is 63.7 Å². The molecule has 1 saturated heterocycles. The third-order valence-electron chi connectivity index (χ3n) is 7.82. The van der Waals surface area contributed by atoms with E-state index in [4.69, 9.17) is 19.2 Å². The van der Waals surface area contributed by atoms with Gasteiger partial charge in [0.1, 0.15) is 23.7 Å². The van der Waals surface area contributed by atoms with Gasteiger partial charge in [0.25, 0.3) is 0 Å². The maximum atomic E-state index is 15.7. The first-order chi connectivity index (χ1) is 19.9. The molecule has 6 rings (SSSR count). The normalized spacial score (nSPS) is 16.9. The zero-order chi connectivity index (χ0) is 28.5. The molecule has 2 aromatic heterocycles. The van der Waals surface area contributed by atoms with Crippen LogP contribution in [0.5, 0.6) is 11.6 Å². The van der Waals surface area contributed by atoms with Gasteiger partial charge in [-0.2, -0.15) is 9.78 Å². The van der Waals surface area contributed by atoms with Crippen molar-refractivity contribution in [3.05, 3.63) is 88.4 Å². The molecule has 10 heteroatoms. The van der Waals surface area contributed by atoms with Crippen molar-refractivity contribution in [2.45, 2.75) is 39.0 Å². The lowest BCUT2D eigenvalue weighted by atomic mass is 9.95. The summed E-state index contributed by atoms with van der Waals surface area (Å²) in [6.07, 6.45) is 2.92. The molecule has 2 aliphatic heterocycles. The lowest BCUT2D eigenvalue weighted by molar-refractivity contribution is 0.0693. The second-order valence-corrected chi connectivity index (χ2v) is 10.3. The van der Waals surface area contributed by atoms with Gasteiger partial charge in [-0.3, -0.25) is 4.90 Å². The minimum Gasteiger partial charge on any atom is -0.488 e. The van der Waals surface area contributed by atoms with Crippen molar-refractivity contribution >= 4 is 5.97 Å². The van der Waals surface area contributed by atoms with E-state index in [2.05, 4.69) is 10.00 Å². The number of methoxy groups -OCH3 is 1. The van der Waals surface area contributed by atoms with Gasteiger partial charge >= 0.3 is 5.97 Å². The number of para-hydroxylation sites is 1. The number of hydrogen-bond donors (Lipinski definition) is 1. The molecule has 1 unspecified atom stereocenters. The Labute approximate surface area is 237 Å². The monoisotopic (exact) mass is 558 g/mol. The predicted molar refractivity (Wildman–Crippen MR) is 149 cm³/mol. The fourth-order valence-electron chi connectivity index (χ4n) is 5.65. The number of nitrogens with zero attached hydrogens (tertiary/aromatic N) is 4. The number of aryl methyl sites for hydroxylation is 1. The van der Waals surface area contributed by atoms with Crippen LogP contribution >= 0.6 is 0 Å². The molecule has 9 nitrogen and oxygen atoms in total. The van der Waals surface area contributed by atoms with Gasteiger partial charge in [0.2, 0.25) is 5.88 Å². The highest BCUT2D eigenvalue weighted by atomic mass is 19.1. The van der Waals surface area contributed by atoms with Gasteiger partial charge < -0.3 is 19.3 Å². The highest BCUT2D eigenvalue weighted by Gasteiger charge is 2.28. The quantitative estimate of drug-likeness (QED) is 0.329. The summed E-state index contributed by atoms with van der Waals surface area (Å²) in [5, 5.41) is 13.6. The van der Waals surface area contributed by atoms with Crippen LogP contribution in [0.4, 0.5) is 4.39 Å². The Morgan fingerprint density at radius 3 is 2.83 bits per heavy atom. The molecule has 1 fully saturated rings. The van der Waals surface area contributed by atoms with Crippen LogP contribution in [0, 0.1) is 12.7 Å². The number of ether oxygens (including phenoxy) is 3. The van der Waals surface area contributed by atoms with Crippen molar-refractivity contribution < 1.29 is 28.5 Å². The molecule has 0 bridgehead atoms. The highest BCUT2D eigenvalue weighted by molar-refractivity contribution is 5.90. The van der Waals surface area contributed by atoms with Gasteiger partial charge in [-0.25, -0.2) is 14.2 Å². The summed E-state index contributed by atoms with van der Waals surface area (Å²) in [4.78, 5) is 18.7. The predicted octanol–water partition coefficient (Wildman–Crippen LogP) is 4.81. The van der Waals surface area contributed by atoms with E-state index in [0.717, 1.165) is 55.0 Å². The smallest absolute Gasteiger partial charge is 0.342 e. The summed E-state index contributed by atoms with van der Waals surface area (Å²) >= 11 is 0. The number of aromatic carboxylic acids is 1. The van der Waals surface area contributed by atoms with Gasteiger partial charge in [0.15, 0.2) is 5.82 Å². The molecular weight excluding hydrogens is 527 g/mol. The third kappa shape index (κ3) is 5.16. The molecule has 1 atom stereocenters. The van der Waals surface area contributed by atoms with Crippen molar-refractivity contribution in [2.24, 2.45) is 0 Å². The molecule has 2 aliphatic rings. The third-order valence-corrected chi connectivity index (χ3v) is 7.82. The Bertz CT molecular complexity index is 1600. The van der Waals surface area contributed by atoms with Crippen molar-refractivity contribution in [3.63, 3.8) is 0 Å². The molecule has 0 saturated carbocycles. The van der Waals surface area contributed by atoms with E-state index in [1.54, 1.807) is 12.1 Å². The minimum atomic E-state index is -1.14. The zero-order valence-electron chi connectivity index (χ0n) is 23.0. The molecule has 2 aromatic carbocycles. The maximum Gasteiger partial charge on any atom is 0.342 e. The van der Waals surface area contributed by atoms with Crippen LogP contribution < -0.4 is 9.47 Å². The molecule has 0 radical (unpaired) electrons. The van der Waals surface area contributed by atoms with Crippen molar-refractivity contribution in [3.8, 4) is 28.7 Å². The number of benzene rings is 2. The molecule has 212 valence electrons. The van der Waals surface area contributed by atoms with E-state index in [1.165, 1.54) is 18.0 Å². The second-order valence-electron chi connectivity index (χ2n) is 10.3. The number of carboxylic acids is 1. The number of fused-ring (bicyclic) bond motifs is 1. The number of hydrogen-bond acceptors (Lipinski definition) is 7. The largest absolute Gasteiger partial charge is 0.488 e. The van der Waals surface area contributed by atoms with E-state index in [-0.39, 0.29) is 23.9 Å². The SMILES string of the molecule is COc1c(C(=O)O)cnn1-c1cccc(-c2cccc(C)c2OCc2ccc3c(c2F)CCN(C2CCOC2)C3)n1. The average Bonchev–Trinajstić information content (AvgIpc) is 3.68. The number of aromatic nitrogens is 3. The lowest BCUT2D eigenvalue weighted by Gasteiger charge is -2.33. The van der Waals surface area contributed by atoms with E-state index in [1.807, 2.05) is 43.3 Å². The number of halogens is 1. The highest BCUT2D eigenvalue weighted by Crippen LogP contribution is 2.34. The van der Waals surface area contributed by atoms with Crippen molar-refractivity contribution in [1.82, 2.24) is 19.7 Å². The Morgan fingerprint density at radius 1 is 1.20 bits per heavy atom. The summed E-state index contributed by atoms with van der Waals surface area (Å²) in [6.45, 7) is 5.11. The fraction of sp³-hybridized carbons (Fsp3) is 0.323. The first kappa shape index (κ1) is 26.9. The number of carbonyl (C=O) groups is 1. The summed E-state index contributed by atoms with van der Waals surface area (Å²) in [5.74, 6) is -0.280. The van der Waals surface area contributed by atoms with E-state index in [0.29, 0.717) is 35.3 Å². The standard InChI is InChI=1S/C31H31FN4O5/c1-19-5-3-6-24(26-7-4-8-27(34-26)36-30(39-2)25(15-33-36)31(37)38)29(19)41-17-21-10-9-20-16-35(22-12-14-40-18-22)13-11-23(20)28(21)32/h3-10,15,22H,11-14,16-18H2,1-2H3,(H,37,38). The van der Waals surface area contributed by atoms with Crippen LogP contribution in [0.15, 0.2) is 54.7 Å². The molecule has 4 heterocycles. The van der Waals surface area contributed by atoms with E-state index in [9.17, 15) is 9.90 Å². The van der Waals surface area contributed by atoms with Crippen LogP contribution in [0.1, 0.15) is 39.0 Å². The van der Waals surface area contributed by atoms with Crippen LogP contribution in [0.25, 0.3) is 17.1 Å². The van der Waals surface area contributed by atoms with Crippen molar-refractivity contribution in [2.75, 3.05) is 26.9 Å². The Balaban J connectivity index is 1.25. The summed E-state index contributed by atoms with van der Waals surface area (Å²) in [5.41, 5.74) is 4.46. The van der Waals surface area contributed by atoms with Gasteiger partial charge in [-0.05, 0) is 54.7 Å². The van der Waals surface area contributed by atoms with Gasteiger partial charge in [-0.15, -0.1) is 0 Å². The molecule has 4 aromatic rings. The molecule has 0 aliphatic carbocycles. The molecule has 0 spiro atoms. The first-order valence-electron chi connectivity index (χ1n) is 13.6. The van der Waals surface area contributed by atoms with Crippen LogP contribution in [0.3, 0.4) is 0 Å². The topological polar surface area (TPSA) is 98.9 Å². The van der Waals surface area contributed by atoms with Gasteiger partial charge in [0.05, 0.1) is 25.6 Å². The first-order valence-corrected chi connectivity index (χ1v) is 13.6. The lowest BCUT2D eigenvalue weighted by Crippen LogP contribution is -2.40. The Morgan fingerprint density at radius 2 is 2.05 bits per heavy atom. The summed E-state index contributed by atoms with van der Waals surface area (Å²) in [6, 6.07) is 15.3. The summed E-state index contributed by atoms with van der Waals surface area (Å²) in [7, 11) is 1.39. The Kier molecular flexibility index (Phi) is 7.42. The van der Waals surface area contributed by atoms with Crippen LogP contribution in [0.2, 0.25) is 0 Å². The molecule has 41 heavy (non-hydrogen) atoms. The fourth-order valence-corrected chi connectivity index (χ4v) is 5.65. The molecule has 0 amide bonds. The number of pyridine rings is 1.